The van der Waals surface area contributed by atoms with Crippen LogP contribution < -0.4 is 5.73 Å². The van der Waals surface area contributed by atoms with Crippen LogP contribution in [0.15, 0.2) is 27.7 Å². The number of morpholine rings is 1. The molecule has 0 unspecified atom stereocenters. The summed E-state index contributed by atoms with van der Waals surface area (Å²) in [5.41, 5.74) is 6.68. The Balaban J connectivity index is 1.98. The molecule has 0 radical (unpaired) electrons. The van der Waals surface area contributed by atoms with Crippen LogP contribution in [-0.2, 0) is 11.3 Å². The van der Waals surface area contributed by atoms with Gasteiger partial charge in [0.1, 0.15) is 5.82 Å². The van der Waals surface area contributed by atoms with E-state index in [1.165, 1.54) is 6.07 Å². The minimum Gasteiger partial charge on any atom is -0.378 e. The van der Waals surface area contributed by atoms with E-state index < -0.39 is 0 Å². The fourth-order valence-corrected chi connectivity index (χ4v) is 1.95. The topological polar surface area (TPSA) is 50.8 Å². The van der Waals surface area contributed by atoms with Crippen molar-refractivity contribution in [3.05, 3.63) is 34.1 Å². The molecule has 1 aliphatic rings. The van der Waals surface area contributed by atoms with Crippen LogP contribution in [0.25, 0.3) is 0 Å². The number of benzene rings is 1. The van der Waals surface area contributed by atoms with Crippen LogP contribution >= 0.6 is 15.9 Å². The maximum absolute atomic E-state index is 13.3. The summed E-state index contributed by atoms with van der Waals surface area (Å²) in [6, 6.07) is 4.95. The normalized spacial score (nSPS) is 17.0. The van der Waals surface area contributed by atoms with Crippen molar-refractivity contribution in [2.45, 2.75) is 6.54 Å². The predicted octanol–water partition coefficient (Wildman–Crippen LogP) is 1.74. The van der Waals surface area contributed by atoms with Gasteiger partial charge in [-0.1, -0.05) is 6.07 Å². The summed E-state index contributed by atoms with van der Waals surface area (Å²) in [5.74, 6) is 0.203. The monoisotopic (exact) mass is 315 g/mol. The van der Waals surface area contributed by atoms with Crippen molar-refractivity contribution in [3.8, 4) is 0 Å². The third-order valence-electron chi connectivity index (χ3n) is 2.74. The lowest BCUT2D eigenvalue weighted by molar-refractivity contribution is 0.0674. The Hall–Kier alpha value is -1.14. The second-order valence-electron chi connectivity index (χ2n) is 4.02. The van der Waals surface area contributed by atoms with Gasteiger partial charge in [0.2, 0.25) is 0 Å². The van der Waals surface area contributed by atoms with E-state index in [4.69, 9.17) is 10.5 Å². The van der Waals surface area contributed by atoms with Crippen LogP contribution in [-0.4, -0.2) is 37.2 Å². The standard InChI is InChI=1S/C12H15BrFN3O/c13-10-2-1-9(7-11(10)14)8-16-12(15)17-3-5-18-6-4-17/h1-2,7H,3-6,8H2,(H2,15,16). The number of aliphatic imine (C=N–C) groups is 1. The summed E-state index contributed by atoms with van der Waals surface area (Å²) in [5, 5.41) is 0. The van der Waals surface area contributed by atoms with Crippen LogP contribution in [0, 0.1) is 5.82 Å². The maximum atomic E-state index is 13.3. The molecule has 0 atom stereocenters. The molecule has 4 nitrogen and oxygen atoms in total. The summed E-state index contributed by atoms with van der Waals surface area (Å²) in [6.07, 6.45) is 0. The van der Waals surface area contributed by atoms with E-state index in [0.29, 0.717) is 30.2 Å². The molecule has 0 aliphatic carbocycles. The van der Waals surface area contributed by atoms with Crippen molar-refractivity contribution >= 4 is 21.9 Å². The molecule has 18 heavy (non-hydrogen) atoms. The second kappa shape index (κ2) is 6.15. The molecular formula is C12H15BrFN3O. The van der Waals surface area contributed by atoms with Gasteiger partial charge in [-0.15, -0.1) is 0 Å². The van der Waals surface area contributed by atoms with Gasteiger partial charge in [0, 0.05) is 13.1 Å². The van der Waals surface area contributed by atoms with Crippen LogP contribution in [0.5, 0.6) is 0 Å². The van der Waals surface area contributed by atoms with Crippen molar-refractivity contribution < 1.29 is 9.13 Å². The predicted molar refractivity (Wildman–Crippen MR) is 71.8 cm³/mol. The van der Waals surface area contributed by atoms with Crippen molar-refractivity contribution in [1.29, 1.82) is 0 Å². The van der Waals surface area contributed by atoms with E-state index in [1.54, 1.807) is 6.07 Å². The third-order valence-corrected chi connectivity index (χ3v) is 3.39. The van der Waals surface area contributed by atoms with Crippen LogP contribution in [0.3, 0.4) is 0 Å². The first-order valence-corrected chi connectivity index (χ1v) is 6.52. The summed E-state index contributed by atoms with van der Waals surface area (Å²) < 4.78 is 19.0. The van der Waals surface area contributed by atoms with Crippen molar-refractivity contribution in [2.24, 2.45) is 10.7 Å². The van der Waals surface area contributed by atoms with E-state index in [9.17, 15) is 4.39 Å². The lowest BCUT2D eigenvalue weighted by atomic mass is 10.2. The van der Waals surface area contributed by atoms with Crippen LogP contribution in [0.4, 0.5) is 4.39 Å². The van der Waals surface area contributed by atoms with Crippen molar-refractivity contribution in [2.75, 3.05) is 26.3 Å². The van der Waals surface area contributed by atoms with E-state index in [0.717, 1.165) is 18.7 Å². The Morgan fingerprint density at radius 1 is 1.44 bits per heavy atom. The minimum absolute atomic E-state index is 0.285. The molecule has 6 heteroatoms. The van der Waals surface area contributed by atoms with E-state index in [1.807, 2.05) is 11.0 Å². The summed E-state index contributed by atoms with van der Waals surface area (Å²) in [6.45, 7) is 3.23. The molecule has 0 aromatic heterocycles. The molecule has 0 spiro atoms. The largest absolute Gasteiger partial charge is 0.378 e. The average Bonchev–Trinajstić information content (AvgIpc) is 2.41. The van der Waals surface area contributed by atoms with Crippen molar-refractivity contribution in [1.82, 2.24) is 4.90 Å². The molecule has 1 aromatic rings. The zero-order valence-corrected chi connectivity index (χ0v) is 11.5. The number of nitrogens with two attached hydrogens (primary N) is 1. The van der Waals surface area contributed by atoms with Gasteiger partial charge in [0.25, 0.3) is 0 Å². The number of halogens is 2. The van der Waals surface area contributed by atoms with E-state index >= 15 is 0 Å². The molecule has 1 heterocycles. The fourth-order valence-electron chi connectivity index (χ4n) is 1.70. The number of ether oxygens (including phenoxy) is 1. The van der Waals surface area contributed by atoms with Gasteiger partial charge in [-0.25, -0.2) is 9.38 Å². The van der Waals surface area contributed by atoms with Crippen LogP contribution in [0.2, 0.25) is 0 Å². The lowest BCUT2D eigenvalue weighted by Gasteiger charge is -2.27. The van der Waals surface area contributed by atoms with E-state index in [2.05, 4.69) is 20.9 Å². The van der Waals surface area contributed by atoms with Crippen LogP contribution in [0.1, 0.15) is 5.56 Å². The van der Waals surface area contributed by atoms with Gasteiger partial charge in [-0.3, -0.25) is 0 Å². The SMILES string of the molecule is NC(=NCc1ccc(Br)c(F)c1)N1CCOCC1. The number of nitrogens with zero attached hydrogens (tertiary/aromatic N) is 2. The highest BCUT2D eigenvalue weighted by molar-refractivity contribution is 9.10. The second-order valence-corrected chi connectivity index (χ2v) is 4.88. The molecule has 0 saturated carbocycles. The highest BCUT2D eigenvalue weighted by atomic mass is 79.9. The molecule has 98 valence electrons. The maximum Gasteiger partial charge on any atom is 0.191 e. The fraction of sp³-hybridized carbons (Fsp3) is 0.417. The molecule has 1 aromatic carbocycles. The van der Waals surface area contributed by atoms with Crippen molar-refractivity contribution in [3.63, 3.8) is 0 Å². The Labute approximate surface area is 114 Å². The molecule has 2 rings (SSSR count). The quantitative estimate of drug-likeness (QED) is 0.668. The number of hydrogen-bond donors (Lipinski definition) is 1. The van der Waals surface area contributed by atoms with E-state index in [-0.39, 0.29) is 5.82 Å². The molecule has 2 N–H and O–H groups in total. The highest BCUT2D eigenvalue weighted by Crippen LogP contribution is 2.16. The molecule has 0 bridgehead atoms. The summed E-state index contributed by atoms with van der Waals surface area (Å²) in [7, 11) is 0. The van der Waals surface area contributed by atoms with Gasteiger partial charge in [0.15, 0.2) is 5.96 Å². The first kappa shape index (κ1) is 13.3. The lowest BCUT2D eigenvalue weighted by Crippen LogP contribution is -2.44. The molecular weight excluding hydrogens is 301 g/mol. The molecule has 1 fully saturated rings. The Kier molecular flexibility index (Phi) is 4.54. The van der Waals surface area contributed by atoms with Gasteiger partial charge < -0.3 is 15.4 Å². The van der Waals surface area contributed by atoms with Gasteiger partial charge >= 0.3 is 0 Å². The van der Waals surface area contributed by atoms with Gasteiger partial charge in [-0.2, -0.15) is 0 Å². The minimum atomic E-state index is -0.285. The zero-order valence-electron chi connectivity index (χ0n) is 9.90. The van der Waals surface area contributed by atoms with Gasteiger partial charge in [0.05, 0.1) is 24.2 Å². The molecule has 1 saturated heterocycles. The number of hydrogen-bond acceptors (Lipinski definition) is 2. The Morgan fingerprint density at radius 2 is 2.17 bits per heavy atom. The third kappa shape index (κ3) is 3.43. The Morgan fingerprint density at radius 3 is 2.83 bits per heavy atom. The molecule has 0 amide bonds. The summed E-state index contributed by atoms with van der Waals surface area (Å²) in [4.78, 5) is 6.24. The summed E-state index contributed by atoms with van der Waals surface area (Å²) >= 11 is 3.11. The Bertz CT molecular complexity index is 447. The zero-order chi connectivity index (χ0) is 13.0. The first-order valence-electron chi connectivity index (χ1n) is 5.73. The first-order chi connectivity index (χ1) is 8.66. The highest BCUT2D eigenvalue weighted by Gasteiger charge is 2.11. The smallest absolute Gasteiger partial charge is 0.191 e. The number of rotatable bonds is 2. The average molecular weight is 316 g/mol. The van der Waals surface area contributed by atoms with Gasteiger partial charge in [-0.05, 0) is 33.6 Å². The number of guanidine groups is 1. The molecule has 1 aliphatic heterocycles.